The standard InChI is InChI=1S/C19H24N4O/c1-14-12-17(18(20)16-6-4-3-5-7-16)13-21-19(14)23-10-8-22(9-11-23)15(2)24/h3-7,12-13,18H,8-11,20H2,1-2H3/t18-/m1/s1. The van der Waals surface area contributed by atoms with Crippen LogP contribution in [0.25, 0.3) is 0 Å². The van der Waals surface area contributed by atoms with Gasteiger partial charge in [-0.1, -0.05) is 30.3 Å². The molecule has 126 valence electrons. The van der Waals surface area contributed by atoms with Crippen molar-refractivity contribution < 1.29 is 4.79 Å². The zero-order chi connectivity index (χ0) is 17.1. The summed E-state index contributed by atoms with van der Waals surface area (Å²) in [5.41, 5.74) is 9.59. The Hall–Kier alpha value is -2.40. The number of anilines is 1. The third-order valence-corrected chi connectivity index (χ3v) is 4.61. The van der Waals surface area contributed by atoms with E-state index < -0.39 is 0 Å². The van der Waals surface area contributed by atoms with Gasteiger partial charge in [0.1, 0.15) is 5.82 Å². The van der Waals surface area contributed by atoms with Gasteiger partial charge in [0, 0.05) is 39.3 Å². The Balaban J connectivity index is 1.75. The highest BCUT2D eigenvalue weighted by Crippen LogP contribution is 2.24. The van der Waals surface area contributed by atoms with Gasteiger partial charge in [-0.2, -0.15) is 0 Å². The molecule has 2 heterocycles. The van der Waals surface area contributed by atoms with Gasteiger partial charge in [0.2, 0.25) is 5.91 Å². The van der Waals surface area contributed by atoms with Crippen LogP contribution >= 0.6 is 0 Å². The summed E-state index contributed by atoms with van der Waals surface area (Å²) in [5.74, 6) is 1.13. The number of nitrogens with zero attached hydrogens (tertiary/aromatic N) is 3. The van der Waals surface area contributed by atoms with E-state index >= 15 is 0 Å². The summed E-state index contributed by atoms with van der Waals surface area (Å²) in [6.07, 6.45) is 1.87. The van der Waals surface area contributed by atoms with E-state index in [2.05, 4.69) is 22.9 Å². The number of piperazine rings is 1. The Bertz CT molecular complexity index is 709. The number of nitrogens with two attached hydrogens (primary N) is 1. The molecule has 2 aromatic rings. The SMILES string of the molecule is CC(=O)N1CCN(c2ncc([C@H](N)c3ccccc3)cc2C)CC1. The highest BCUT2D eigenvalue weighted by molar-refractivity contribution is 5.73. The molecule has 1 aliphatic rings. The van der Waals surface area contributed by atoms with Crippen LogP contribution in [0.5, 0.6) is 0 Å². The normalized spacial score (nSPS) is 16.1. The lowest BCUT2D eigenvalue weighted by Gasteiger charge is -2.35. The van der Waals surface area contributed by atoms with Crippen molar-refractivity contribution in [3.63, 3.8) is 0 Å². The van der Waals surface area contributed by atoms with Gasteiger partial charge >= 0.3 is 0 Å². The summed E-state index contributed by atoms with van der Waals surface area (Å²) in [4.78, 5) is 20.2. The molecule has 1 amide bonds. The second-order valence-corrected chi connectivity index (χ2v) is 6.29. The number of amides is 1. The second kappa shape index (κ2) is 7.01. The number of hydrogen-bond donors (Lipinski definition) is 1. The van der Waals surface area contributed by atoms with Crippen LogP contribution in [-0.2, 0) is 4.79 Å². The fraction of sp³-hybridized carbons (Fsp3) is 0.368. The highest BCUT2D eigenvalue weighted by Gasteiger charge is 2.21. The molecule has 1 atom stereocenters. The van der Waals surface area contributed by atoms with Crippen LogP contribution in [0.15, 0.2) is 42.6 Å². The maximum Gasteiger partial charge on any atom is 0.219 e. The van der Waals surface area contributed by atoms with Crippen molar-refractivity contribution in [2.24, 2.45) is 5.73 Å². The van der Waals surface area contributed by atoms with Crippen LogP contribution in [0.1, 0.15) is 29.7 Å². The molecule has 0 radical (unpaired) electrons. The Morgan fingerprint density at radius 1 is 1.12 bits per heavy atom. The minimum atomic E-state index is -0.166. The fourth-order valence-corrected chi connectivity index (χ4v) is 3.18. The van der Waals surface area contributed by atoms with Crippen molar-refractivity contribution in [3.8, 4) is 0 Å². The van der Waals surface area contributed by atoms with Crippen molar-refractivity contribution in [3.05, 3.63) is 59.3 Å². The number of aromatic nitrogens is 1. The predicted octanol–water partition coefficient (Wildman–Crippen LogP) is 2.11. The summed E-state index contributed by atoms with van der Waals surface area (Å²) in [5, 5.41) is 0. The summed E-state index contributed by atoms with van der Waals surface area (Å²) >= 11 is 0. The van der Waals surface area contributed by atoms with E-state index in [0.717, 1.165) is 48.7 Å². The lowest BCUT2D eigenvalue weighted by atomic mass is 10.00. The van der Waals surface area contributed by atoms with Gasteiger partial charge in [-0.15, -0.1) is 0 Å². The number of hydrogen-bond acceptors (Lipinski definition) is 4. The molecule has 1 aromatic heterocycles. The van der Waals surface area contributed by atoms with Crippen molar-refractivity contribution in [2.45, 2.75) is 19.9 Å². The number of rotatable bonds is 3. The van der Waals surface area contributed by atoms with Crippen molar-refractivity contribution in [1.29, 1.82) is 0 Å². The zero-order valence-corrected chi connectivity index (χ0v) is 14.3. The maximum absolute atomic E-state index is 11.4. The molecule has 0 saturated carbocycles. The number of carbonyl (C=O) groups excluding carboxylic acids is 1. The molecular weight excluding hydrogens is 300 g/mol. The van der Waals surface area contributed by atoms with Gasteiger partial charge in [0.25, 0.3) is 0 Å². The van der Waals surface area contributed by atoms with Gasteiger partial charge in [0.15, 0.2) is 0 Å². The largest absolute Gasteiger partial charge is 0.353 e. The van der Waals surface area contributed by atoms with Gasteiger partial charge in [-0.25, -0.2) is 4.98 Å². The number of carbonyl (C=O) groups is 1. The summed E-state index contributed by atoms with van der Waals surface area (Å²) in [6, 6.07) is 12.0. The Kier molecular flexibility index (Phi) is 4.81. The van der Waals surface area contributed by atoms with E-state index in [1.54, 1.807) is 6.92 Å². The summed E-state index contributed by atoms with van der Waals surface area (Å²) in [7, 11) is 0. The van der Waals surface area contributed by atoms with Crippen molar-refractivity contribution in [2.75, 3.05) is 31.1 Å². The third-order valence-electron chi connectivity index (χ3n) is 4.61. The van der Waals surface area contributed by atoms with Gasteiger partial charge in [0.05, 0.1) is 6.04 Å². The van der Waals surface area contributed by atoms with Crippen molar-refractivity contribution >= 4 is 11.7 Å². The molecule has 1 aromatic carbocycles. The molecule has 2 N–H and O–H groups in total. The van der Waals surface area contributed by atoms with E-state index in [9.17, 15) is 4.79 Å². The first-order valence-corrected chi connectivity index (χ1v) is 8.34. The van der Waals surface area contributed by atoms with Crippen LogP contribution in [0, 0.1) is 6.92 Å². The van der Waals surface area contributed by atoms with Crippen LogP contribution in [0.4, 0.5) is 5.82 Å². The van der Waals surface area contributed by atoms with Crippen LogP contribution in [0.2, 0.25) is 0 Å². The second-order valence-electron chi connectivity index (χ2n) is 6.29. The van der Waals surface area contributed by atoms with Gasteiger partial charge in [-0.05, 0) is 29.7 Å². The molecule has 5 heteroatoms. The van der Waals surface area contributed by atoms with Gasteiger partial charge in [-0.3, -0.25) is 4.79 Å². The first-order chi connectivity index (χ1) is 11.6. The smallest absolute Gasteiger partial charge is 0.219 e. The van der Waals surface area contributed by atoms with Crippen molar-refractivity contribution in [1.82, 2.24) is 9.88 Å². The molecular formula is C19H24N4O. The zero-order valence-electron chi connectivity index (χ0n) is 14.3. The predicted molar refractivity (Wildman–Crippen MR) is 95.9 cm³/mol. The lowest BCUT2D eigenvalue weighted by molar-refractivity contribution is -0.129. The van der Waals surface area contributed by atoms with Gasteiger partial charge < -0.3 is 15.5 Å². The fourth-order valence-electron chi connectivity index (χ4n) is 3.18. The molecule has 24 heavy (non-hydrogen) atoms. The first kappa shape index (κ1) is 16.5. The van der Waals surface area contributed by atoms with Crippen LogP contribution in [-0.4, -0.2) is 42.0 Å². The maximum atomic E-state index is 11.4. The summed E-state index contributed by atoms with van der Waals surface area (Å²) in [6.45, 7) is 6.83. The molecule has 5 nitrogen and oxygen atoms in total. The minimum absolute atomic E-state index is 0.142. The Morgan fingerprint density at radius 3 is 2.38 bits per heavy atom. The van der Waals surface area contributed by atoms with E-state index in [4.69, 9.17) is 5.73 Å². The first-order valence-electron chi connectivity index (χ1n) is 8.34. The highest BCUT2D eigenvalue weighted by atomic mass is 16.2. The molecule has 1 aliphatic heterocycles. The third kappa shape index (κ3) is 3.41. The van der Waals surface area contributed by atoms with E-state index in [0.29, 0.717) is 0 Å². The van der Waals surface area contributed by atoms with Crippen LogP contribution < -0.4 is 10.6 Å². The molecule has 3 rings (SSSR count). The van der Waals surface area contributed by atoms with Crippen LogP contribution in [0.3, 0.4) is 0 Å². The minimum Gasteiger partial charge on any atom is -0.353 e. The molecule has 1 saturated heterocycles. The van der Waals surface area contributed by atoms with E-state index in [-0.39, 0.29) is 11.9 Å². The number of aryl methyl sites for hydroxylation is 1. The van der Waals surface area contributed by atoms with E-state index in [1.807, 2.05) is 41.4 Å². The average Bonchev–Trinajstić information content (AvgIpc) is 2.62. The number of benzene rings is 1. The molecule has 0 bridgehead atoms. The average molecular weight is 324 g/mol. The lowest BCUT2D eigenvalue weighted by Crippen LogP contribution is -2.48. The quantitative estimate of drug-likeness (QED) is 0.939. The van der Waals surface area contributed by atoms with E-state index in [1.165, 1.54) is 0 Å². The summed E-state index contributed by atoms with van der Waals surface area (Å²) < 4.78 is 0. The molecule has 0 spiro atoms. The monoisotopic (exact) mass is 324 g/mol. The molecule has 0 unspecified atom stereocenters. The number of pyridine rings is 1. The Morgan fingerprint density at radius 2 is 1.79 bits per heavy atom. The molecule has 0 aliphatic carbocycles. The topological polar surface area (TPSA) is 62.5 Å². The Labute approximate surface area is 143 Å². The molecule has 1 fully saturated rings.